The van der Waals surface area contributed by atoms with Crippen LogP contribution in [-0.4, -0.2) is 6.61 Å². The zero-order valence-electron chi connectivity index (χ0n) is 20.8. The van der Waals surface area contributed by atoms with Crippen LogP contribution in [0.25, 0.3) is 5.57 Å². The Kier molecular flexibility index (Phi) is 8.69. The number of hydrogen-bond donors (Lipinski definition) is 0. The first-order chi connectivity index (χ1) is 16.9. The van der Waals surface area contributed by atoms with E-state index in [4.69, 9.17) is 4.74 Å². The molecular weight excluding hydrogens is 452 g/mol. The number of benzene rings is 2. The van der Waals surface area contributed by atoms with Gasteiger partial charge in [-0.25, -0.2) is 17.6 Å². The topological polar surface area (TPSA) is 9.23 Å². The van der Waals surface area contributed by atoms with Crippen molar-refractivity contribution in [2.75, 3.05) is 6.61 Å². The van der Waals surface area contributed by atoms with Crippen LogP contribution in [0.3, 0.4) is 0 Å². The molecule has 0 aliphatic heterocycles. The standard InChI is InChI=1S/C30H36F4O/c1-3-35-18-24-15-17-26(30(34)28(24)32)22-11-6-20(7-12-22)8-13-23-14-16-25(29(33)27(23)31)21-9-4-19(2)5-10-21/h9,14-17,19-20,22H,3-8,10-13,18H2,1-2H3. The molecule has 190 valence electrons. The van der Waals surface area contributed by atoms with E-state index < -0.39 is 23.3 Å². The van der Waals surface area contributed by atoms with Gasteiger partial charge >= 0.3 is 0 Å². The van der Waals surface area contributed by atoms with Gasteiger partial charge in [-0.3, -0.25) is 0 Å². The van der Waals surface area contributed by atoms with Crippen LogP contribution in [0.1, 0.15) is 93.4 Å². The van der Waals surface area contributed by atoms with E-state index in [0.717, 1.165) is 56.9 Å². The Bertz CT molecular complexity index is 1050. The highest BCUT2D eigenvalue weighted by Gasteiger charge is 2.27. The van der Waals surface area contributed by atoms with E-state index in [1.807, 2.05) is 13.0 Å². The zero-order valence-corrected chi connectivity index (χ0v) is 20.8. The zero-order chi connectivity index (χ0) is 24.9. The van der Waals surface area contributed by atoms with Gasteiger partial charge in [0.15, 0.2) is 23.3 Å². The molecule has 0 saturated heterocycles. The van der Waals surface area contributed by atoms with Crippen LogP contribution in [0, 0.1) is 35.1 Å². The first kappa shape index (κ1) is 25.9. The minimum atomic E-state index is -0.808. The molecule has 0 bridgehead atoms. The van der Waals surface area contributed by atoms with E-state index in [1.54, 1.807) is 24.3 Å². The summed E-state index contributed by atoms with van der Waals surface area (Å²) < 4.78 is 64.0. The van der Waals surface area contributed by atoms with E-state index in [2.05, 4.69) is 6.92 Å². The summed E-state index contributed by atoms with van der Waals surface area (Å²) in [7, 11) is 0. The van der Waals surface area contributed by atoms with Gasteiger partial charge in [0.2, 0.25) is 0 Å². The van der Waals surface area contributed by atoms with Crippen molar-refractivity contribution in [3.63, 3.8) is 0 Å². The van der Waals surface area contributed by atoms with E-state index in [-0.39, 0.29) is 18.1 Å². The lowest BCUT2D eigenvalue weighted by atomic mass is 9.76. The molecule has 0 spiro atoms. The lowest BCUT2D eigenvalue weighted by molar-refractivity contribution is 0.130. The van der Waals surface area contributed by atoms with Crippen molar-refractivity contribution >= 4 is 5.57 Å². The molecule has 2 aliphatic rings. The maximum absolute atomic E-state index is 14.8. The third-order valence-corrected chi connectivity index (χ3v) is 7.94. The van der Waals surface area contributed by atoms with Crippen LogP contribution in [0.4, 0.5) is 17.6 Å². The molecule has 1 atom stereocenters. The molecule has 0 N–H and O–H groups in total. The first-order valence-electron chi connectivity index (χ1n) is 13.1. The molecule has 5 heteroatoms. The quantitative estimate of drug-likeness (QED) is 0.337. The number of ether oxygens (including phenoxy) is 1. The highest BCUT2D eigenvalue weighted by Crippen LogP contribution is 2.40. The van der Waals surface area contributed by atoms with Crippen molar-refractivity contribution in [3.05, 3.63) is 75.9 Å². The monoisotopic (exact) mass is 488 g/mol. The Balaban J connectivity index is 1.33. The van der Waals surface area contributed by atoms with Gasteiger partial charge in [0.1, 0.15) is 0 Å². The average molecular weight is 489 g/mol. The van der Waals surface area contributed by atoms with Crippen molar-refractivity contribution < 1.29 is 22.3 Å². The molecule has 0 aromatic heterocycles. The maximum Gasteiger partial charge on any atom is 0.166 e. The largest absolute Gasteiger partial charge is 0.377 e. The van der Waals surface area contributed by atoms with Gasteiger partial charge in [-0.2, -0.15) is 0 Å². The van der Waals surface area contributed by atoms with Gasteiger partial charge in [0, 0.05) is 17.7 Å². The Hall–Kier alpha value is -2.14. The molecule has 2 aromatic carbocycles. The van der Waals surface area contributed by atoms with Crippen LogP contribution in [0.5, 0.6) is 0 Å². The van der Waals surface area contributed by atoms with E-state index in [1.165, 1.54) is 0 Å². The fourth-order valence-electron chi connectivity index (χ4n) is 5.61. The lowest BCUT2D eigenvalue weighted by Gasteiger charge is -2.29. The molecule has 1 fully saturated rings. The Morgan fingerprint density at radius 1 is 0.829 bits per heavy atom. The summed E-state index contributed by atoms with van der Waals surface area (Å²) in [4.78, 5) is 0. The van der Waals surface area contributed by atoms with Crippen LogP contribution in [0.15, 0.2) is 30.3 Å². The lowest BCUT2D eigenvalue weighted by Crippen LogP contribution is -2.16. The third kappa shape index (κ3) is 5.99. The summed E-state index contributed by atoms with van der Waals surface area (Å²) in [6, 6.07) is 6.79. The maximum atomic E-state index is 14.8. The van der Waals surface area contributed by atoms with Crippen molar-refractivity contribution in [2.24, 2.45) is 11.8 Å². The Morgan fingerprint density at radius 2 is 1.54 bits per heavy atom. The van der Waals surface area contributed by atoms with Crippen LogP contribution in [0.2, 0.25) is 0 Å². The molecule has 0 heterocycles. The van der Waals surface area contributed by atoms with Gasteiger partial charge in [0.05, 0.1) is 6.61 Å². The summed E-state index contributed by atoms with van der Waals surface area (Å²) in [6.07, 6.45) is 9.31. The van der Waals surface area contributed by atoms with Gasteiger partial charge in [-0.1, -0.05) is 37.3 Å². The van der Waals surface area contributed by atoms with Gasteiger partial charge in [0.25, 0.3) is 0 Å². The second-order valence-electron chi connectivity index (χ2n) is 10.3. The van der Waals surface area contributed by atoms with E-state index in [9.17, 15) is 17.6 Å². The molecule has 0 radical (unpaired) electrons. The third-order valence-electron chi connectivity index (χ3n) is 7.94. The van der Waals surface area contributed by atoms with Crippen LogP contribution in [-0.2, 0) is 17.8 Å². The predicted octanol–water partition coefficient (Wildman–Crippen LogP) is 8.89. The number of allylic oxidation sites excluding steroid dienone is 2. The summed E-state index contributed by atoms with van der Waals surface area (Å²) >= 11 is 0. The SMILES string of the molecule is CCOCc1ccc(C2CCC(CCc3ccc(C4=CCC(C)CC4)c(F)c3F)CC2)c(F)c1F. The normalized spacial score (nSPS) is 22.8. The highest BCUT2D eigenvalue weighted by atomic mass is 19.2. The molecule has 2 aliphatic carbocycles. The fraction of sp³-hybridized carbons (Fsp3) is 0.533. The Morgan fingerprint density at radius 3 is 2.23 bits per heavy atom. The van der Waals surface area contributed by atoms with E-state index >= 15 is 0 Å². The van der Waals surface area contributed by atoms with Gasteiger partial charge < -0.3 is 4.74 Å². The predicted molar refractivity (Wildman–Crippen MR) is 132 cm³/mol. The summed E-state index contributed by atoms with van der Waals surface area (Å²) in [5.41, 5.74) is 2.43. The minimum Gasteiger partial charge on any atom is -0.377 e. The first-order valence-corrected chi connectivity index (χ1v) is 13.1. The van der Waals surface area contributed by atoms with Crippen molar-refractivity contribution in [1.29, 1.82) is 0 Å². The minimum absolute atomic E-state index is 0.0122. The molecular formula is C30H36F4O. The molecule has 4 rings (SSSR count). The number of hydrogen-bond acceptors (Lipinski definition) is 1. The summed E-state index contributed by atoms with van der Waals surface area (Å²) in [5, 5.41) is 0. The molecule has 0 amide bonds. The molecule has 1 nitrogen and oxygen atoms in total. The summed E-state index contributed by atoms with van der Waals surface area (Å²) in [5.74, 6) is -2.06. The average Bonchev–Trinajstić information content (AvgIpc) is 2.87. The Labute approximate surface area is 206 Å². The second-order valence-corrected chi connectivity index (χ2v) is 10.3. The van der Waals surface area contributed by atoms with Gasteiger partial charge in [-0.15, -0.1) is 0 Å². The summed E-state index contributed by atoms with van der Waals surface area (Å²) in [6.45, 7) is 4.51. The molecule has 1 saturated carbocycles. The van der Waals surface area contributed by atoms with Crippen molar-refractivity contribution in [2.45, 2.75) is 84.2 Å². The smallest absolute Gasteiger partial charge is 0.166 e. The van der Waals surface area contributed by atoms with Crippen LogP contribution < -0.4 is 0 Å². The van der Waals surface area contributed by atoms with E-state index in [0.29, 0.717) is 41.6 Å². The number of rotatable bonds is 8. The highest BCUT2D eigenvalue weighted by molar-refractivity contribution is 5.67. The molecule has 35 heavy (non-hydrogen) atoms. The molecule has 1 unspecified atom stereocenters. The van der Waals surface area contributed by atoms with Gasteiger partial charge in [-0.05, 0) is 99.2 Å². The van der Waals surface area contributed by atoms with Crippen LogP contribution >= 0.6 is 0 Å². The molecule has 2 aromatic rings. The second kappa shape index (κ2) is 11.7. The number of aryl methyl sites for hydroxylation is 1. The fourth-order valence-corrected chi connectivity index (χ4v) is 5.61. The van der Waals surface area contributed by atoms with Crippen molar-refractivity contribution in [3.8, 4) is 0 Å². The van der Waals surface area contributed by atoms with Crippen molar-refractivity contribution in [1.82, 2.24) is 0 Å². The number of halogens is 4.